The number of nitrogens with zero attached hydrogens (tertiary/aromatic N) is 1. The maximum atomic E-state index is 6.92. The van der Waals surface area contributed by atoms with Gasteiger partial charge in [-0.3, -0.25) is 0 Å². The third kappa shape index (κ3) is 2.97. The van der Waals surface area contributed by atoms with Crippen LogP contribution in [0.1, 0.15) is 30.9 Å². The summed E-state index contributed by atoms with van der Waals surface area (Å²) in [5.74, 6) is 9.74. The van der Waals surface area contributed by atoms with Crippen molar-refractivity contribution < 1.29 is 9.30 Å². The predicted octanol–water partition coefficient (Wildman–Crippen LogP) is 7.72. The second-order valence-corrected chi connectivity index (χ2v) is 21.8. The summed E-state index contributed by atoms with van der Waals surface area (Å²) < 4.78 is 10.7. The fourth-order valence-corrected chi connectivity index (χ4v) is 8.25. The fourth-order valence-electron chi connectivity index (χ4n) is 5.79. The van der Waals surface area contributed by atoms with Gasteiger partial charge in [0.15, 0.2) is 0 Å². The van der Waals surface area contributed by atoms with Crippen molar-refractivity contribution in [2.75, 3.05) is 0 Å². The molecule has 0 fully saturated rings. The standard InChI is InChI=1S/C31H32GeNO/c1-18(2)27-24-11-9-8-10-22(24)19(3)28-30-29-25(14-15-33(30)7)23-13-12-21(32(4,5)6)16-20(23)17-26(29)34-31(27)28/h8-18H,1-7H3/q+1. The molecule has 170 valence electrons. The van der Waals surface area contributed by atoms with E-state index in [1.54, 1.807) is 0 Å². The summed E-state index contributed by atoms with van der Waals surface area (Å²) in [4.78, 5) is 0. The molecule has 0 saturated carbocycles. The van der Waals surface area contributed by atoms with Crippen molar-refractivity contribution >= 4 is 50.0 Å². The van der Waals surface area contributed by atoms with Crippen LogP contribution in [0.5, 0.6) is 11.5 Å². The maximum absolute atomic E-state index is 6.92. The molecular formula is C31H32GeNO+. The molecule has 2 nitrogen and oxygen atoms in total. The van der Waals surface area contributed by atoms with Crippen LogP contribution in [0.4, 0.5) is 0 Å². The molecular weight excluding hydrogens is 475 g/mol. The molecule has 1 aromatic heterocycles. The summed E-state index contributed by atoms with van der Waals surface area (Å²) in [5.41, 5.74) is 5.10. The zero-order chi connectivity index (χ0) is 23.9. The van der Waals surface area contributed by atoms with Crippen LogP contribution < -0.4 is 13.7 Å². The van der Waals surface area contributed by atoms with Crippen LogP contribution in [0, 0.1) is 6.92 Å². The molecule has 4 aromatic carbocycles. The Kier molecular flexibility index (Phi) is 4.67. The molecule has 0 unspecified atom stereocenters. The Hall–Kier alpha value is -2.85. The molecule has 6 rings (SSSR count). The van der Waals surface area contributed by atoms with Crippen molar-refractivity contribution in [3.63, 3.8) is 0 Å². The number of ether oxygens (including phenoxy) is 1. The van der Waals surface area contributed by atoms with Crippen LogP contribution in [0.3, 0.4) is 0 Å². The summed E-state index contributed by atoms with van der Waals surface area (Å²) in [6.45, 7) is 6.81. The Balaban J connectivity index is 1.79. The molecule has 0 radical (unpaired) electrons. The van der Waals surface area contributed by atoms with E-state index in [-0.39, 0.29) is 0 Å². The average molecular weight is 507 g/mol. The van der Waals surface area contributed by atoms with E-state index in [0.717, 1.165) is 11.5 Å². The normalized spacial score (nSPS) is 13.1. The molecule has 0 atom stereocenters. The number of rotatable bonds is 2. The summed E-state index contributed by atoms with van der Waals surface area (Å²) in [6.07, 6.45) is 2.22. The molecule has 5 aromatic rings. The zero-order valence-electron chi connectivity index (χ0n) is 21.2. The van der Waals surface area contributed by atoms with Crippen LogP contribution in [-0.2, 0) is 7.05 Å². The van der Waals surface area contributed by atoms with E-state index < -0.39 is 13.3 Å². The minimum atomic E-state index is -1.95. The number of hydrogen-bond donors (Lipinski definition) is 0. The van der Waals surface area contributed by atoms with Gasteiger partial charge < -0.3 is 0 Å². The quantitative estimate of drug-likeness (QED) is 0.133. The number of aromatic nitrogens is 1. The van der Waals surface area contributed by atoms with Gasteiger partial charge in [0.2, 0.25) is 0 Å². The molecule has 3 heteroatoms. The molecule has 0 N–H and O–H groups in total. The number of fused-ring (bicyclic) bond motifs is 5. The van der Waals surface area contributed by atoms with E-state index in [9.17, 15) is 0 Å². The van der Waals surface area contributed by atoms with E-state index in [1.807, 2.05) is 0 Å². The first-order chi connectivity index (χ1) is 16.2. The van der Waals surface area contributed by atoms with Crippen molar-refractivity contribution in [3.8, 4) is 22.8 Å². The van der Waals surface area contributed by atoms with Gasteiger partial charge in [0.05, 0.1) is 0 Å². The zero-order valence-corrected chi connectivity index (χ0v) is 23.3. The average Bonchev–Trinajstić information content (AvgIpc) is 2.79. The number of aryl methyl sites for hydroxylation is 2. The molecule has 0 aliphatic carbocycles. The molecule has 0 amide bonds. The first-order valence-corrected chi connectivity index (χ1v) is 19.6. The van der Waals surface area contributed by atoms with Gasteiger partial charge in [0, 0.05) is 0 Å². The number of pyridine rings is 1. The first kappa shape index (κ1) is 21.7. The second-order valence-electron chi connectivity index (χ2n) is 11.2. The minimum absolute atomic E-state index is 0.353. The second kappa shape index (κ2) is 7.32. The predicted molar refractivity (Wildman–Crippen MR) is 147 cm³/mol. The van der Waals surface area contributed by atoms with Gasteiger partial charge >= 0.3 is 205 Å². The van der Waals surface area contributed by atoms with Gasteiger partial charge in [-0.25, -0.2) is 0 Å². The molecule has 0 spiro atoms. The molecule has 1 aliphatic rings. The van der Waals surface area contributed by atoms with E-state index in [2.05, 4.69) is 110 Å². The number of benzene rings is 4. The van der Waals surface area contributed by atoms with Crippen molar-refractivity contribution in [1.29, 1.82) is 0 Å². The van der Waals surface area contributed by atoms with E-state index in [0.29, 0.717) is 5.92 Å². The van der Waals surface area contributed by atoms with Gasteiger partial charge in [-0.1, -0.05) is 0 Å². The topological polar surface area (TPSA) is 13.1 Å². The van der Waals surface area contributed by atoms with Crippen LogP contribution in [-0.4, -0.2) is 13.3 Å². The molecule has 2 heterocycles. The molecule has 0 saturated heterocycles. The van der Waals surface area contributed by atoms with Crippen LogP contribution in [0.2, 0.25) is 17.3 Å². The monoisotopic (exact) mass is 508 g/mol. The van der Waals surface area contributed by atoms with Crippen LogP contribution >= 0.6 is 0 Å². The van der Waals surface area contributed by atoms with Gasteiger partial charge in [0.25, 0.3) is 0 Å². The third-order valence-corrected chi connectivity index (χ3v) is 11.8. The van der Waals surface area contributed by atoms with Crippen LogP contribution in [0.15, 0.2) is 60.8 Å². The third-order valence-electron chi connectivity index (χ3n) is 7.56. The Morgan fingerprint density at radius 2 is 1.59 bits per heavy atom. The van der Waals surface area contributed by atoms with Crippen molar-refractivity contribution in [2.45, 2.75) is 44.0 Å². The summed E-state index contributed by atoms with van der Waals surface area (Å²) >= 11 is -1.95. The van der Waals surface area contributed by atoms with E-state index in [4.69, 9.17) is 4.74 Å². The van der Waals surface area contributed by atoms with Gasteiger partial charge in [-0.2, -0.15) is 0 Å². The van der Waals surface area contributed by atoms with Gasteiger partial charge in [-0.15, -0.1) is 0 Å². The molecule has 34 heavy (non-hydrogen) atoms. The SMILES string of the molecule is Cc1c2c(c(C(C)C)c3ccccc13)Oc1cc3c[c]([Ge]([CH3])([CH3])[CH3])ccc3c3cc[n+](C)c-2c13. The Labute approximate surface area is 204 Å². The first-order valence-electron chi connectivity index (χ1n) is 12.3. The van der Waals surface area contributed by atoms with Gasteiger partial charge in [0.1, 0.15) is 0 Å². The Bertz CT molecular complexity index is 1660. The van der Waals surface area contributed by atoms with Crippen molar-refractivity contribution in [2.24, 2.45) is 7.05 Å². The van der Waals surface area contributed by atoms with E-state index >= 15 is 0 Å². The summed E-state index contributed by atoms with van der Waals surface area (Å²) in [7, 11) is 2.16. The van der Waals surface area contributed by atoms with Crippen molar-refractivity contribution in [1.82, 2.24) is 0 Å². The van der Waals surface area contributed by atoms with Gasteiger partial charge in [-0.05, 0) is 0 Å². The summed E-state index contributed by atoms with van der Waals surface area (Å²) in [6, 6.07) is 20.5. The number of hydrogen-bond acceptors (Lipinski definition) is 1. The summed E-state index contributed by atoms with van der Waals surface area (Å²) in [5, 5.41) is 7.71. The molecule has 0 bridgehead atoms. The fraction of sp³-hybridized carbons (Fsp3) is 0.258. The van der Waals surface area contributed by atoms with Crippen molar-refractivity contribution in [3.05, 3.63) is 71.9 Å². The van der Waals surface area contributed by atoms with E-state index in [1.165, 1.54) is 59.1 Å². The molecule has 1 aliphatic heterocycles. The van der Waals surface area contributed by atoms with Crippen LogP contribution in [0.25, 0.3) is 43.6 Å². The Morgan fingerprint density at radius 3 is 2.29 bits per heavy atom. The Morgan fingerprint density at radius 1 is 0.853 bits per heavy atom.